The Bertz CT molecular complexity index is 752. The number of halogens is 1. The van der Waals surface area contributed by atoms with Crippen LogP contribution >= 0.6 is 11.3 Å². The molecule has 1 aliphatic heterocycles. The second-order valence-corrected chi connectivity index (χ2v) is 8.67. The van der Waals surface area contributed by atoms with Gasteiger partial charge in [-0.3, -0.25) is 4.79 Å². The molecular weight excluding hydrogens is 361 g/mol. The van der Waals surface area contributed by atoms with Gasteiger partial charge < -0.3 is 15.1 Å². The van der Waals surface area contributed by atoms with Gasteiger partial charge in [-0.1, -0.05) is 6.07 Å². The molecule has 1 aromatic heterocycles. The quantitative estimate of drug-likeness (QED) is 0.796. The highest BCUT2D eigenvalue weighted by molar-refractivity contribution is 7.10. The van der Waals surface area contributed by atoms with Crippen LogP contribution in [0, 0.1) is 11.7 Å². The van der Waals surface area contributed by atoms with Crippen molar-refractivity contribution >= 4 is 22.9 Å². The van der Waals surface area contributed by atoms with Crippen LogP contribution in [0.5, 0.6) is 0 Å². The van der Waals surface area contributed by atoms with Gasteiger partial charge in [0.1, 0.15) is 11.9 Å². The molecule has 0 radical (unpaired) electrons. The van der Waals surface area contributed by atoms with Gasteiger partial charge in [0.25, 0.3) is 0 Å². The Hall–Kier alpha value is -1.92. The minimum absolute atomic E-state index is 0.115. The number of hydrogen-bond donors (Lipinski definition) is 2. The number of hydrogen-bond acceptors (Lipinski definition) is 3. The van der Waals surface area contributed by atoms with Gasteiger partial charge in [-0.2, -0.15) is 0 Å². The van der Waals surface area contributed by atoms with Gasteiger partial charge in [0.2, 0.25) is 5.91 Å². The fraction of sp³-hybridized carbons (Fsp3) is 0.476. The highest BCUT2D eigenvalue weighted by atomic mass is 32.1. The van der Waals surface area contributed by atoms with Crippen LogP contribution in [0.4, 0.5) is 10.1 Å². The SMILES string of the molecule is C[C@H](NC(=O)C1CC1)[C@@H](c1cccs1)[NH+]1CCN(c2ccc(F)cc2)CC1. The number of quaternary nitrogens is 1. The first-order valence-corrected chi connectivity index (χ1v) is 10.7. The van der Waals surface area contributed by atoms with Gasteiger partial charge in [-0.25, -0.2) is 4.39 Å². The van der Waals surface area contributed by atoms with Gasteiger partial charge in [0.15, 0.2) is 0 Å². The summed E-state index contributed by atoms with van der Waals surface area (Å²) >= 11 is 1.78. The summed E-state index contributed by atoms with van der Waals surface area (Å²) in [6.45, 7) is 6.02. The van der Waals surface area contributed by atoms with Gasteiger partial charge in [-0.05, 0) is 55.5 Å². The number of nitrogens with zero attached hydrogens (tertiary/aromatic N) is 1. The minimum Gasteiger partial charge on any atom is -0.360 e. The number of carbonyl (C=O) groups is 1. The first-order chi connectivity index (χ1) is 13.1. The van der Waals surface area contributed by atoms with E-state index in [4.69, 9.17) is 0 Å². The van der Waals surface area contributed by atoms with Crippen molar-refractivity contribution in [2.75, 3.05) is 31.1 Å². The zero-order valence-corrected chi connectivity index (χ0v) is 16.5. The van der Waals surface area contributed by atoms with Crippen molar-refractivity contribution in [1.82, 2.24) is 5.32 Å². The van der Waals surface area contributed by atoms with Crippen LogP contribution in [-0.2, 0) is 4.79 Å². The van der Waals surface area contributed by atoms with Crippen LogP contribution in [-0.4, -0.2) is 38.1 Å². The van der Waals surface area contributed by atoms with E-state index in [9.17, 15) is 9.18 Å². The Labute approximate surface area is 164 Å². The van der Waals surface area contributed by atoms with E-state index in [1.807, 2.05) is 12.1 Å². The number of piperazine rings is 1. The summed E-state index contributed by atoms with van der Waals surface area (Å²) in [6, 6.07) is 11.4. The van der Waals surface area contributed by atoms with E-state index in [0.717, 1.165) is 44.7 Å². The number of rotatable bonds is 6. The van der Waals surface area contributed by atoms with Gasteiger partial charge in [-0.15, -0.1) is 11.3 Å². The molecule has 2 atom stereocenters. The van der Waals surface area contributed by atoms with Gasteiger partial charge in [0.05, 0.1) is 37.1 Å². The maximum absolute atomic E-state index is 13.2. The van der Waals surface area contributed by atoms with Gasteiger partial charge in [0, 0.05) is 11.6 Å². The van der Waals surface area contributed by atoms with E-state index in [1.54, 1.807) is 11.3 Å². The van der Waals surface area contributed by atoms with E-state index in [0.29, 0.717) is 0 Å². The second kappa shape index (κ2) is 7.98. The molecule has 1 amide bonds. The van der Waals surface area contributed by atoms with E-state index in [-0.39, 0.29) is 29.7 Å². The lowest BCUT2D eigenvalue weighted by atomic mass is 10.0. The third-order valence-corrected chi connectivity index (χ3v) is 6.66. The monoisotopic (exact) mass is 388 g/mol. The average molecular weight is 389 g/mol. The van der Waals surface area contributed by atoms with Crippen molar-refractivity contribution in [3.05, 3.63) is 52.5 Å². The van der Waals surface area contributed by atoms with Crippen molar-refractivity contribution in [3.63, 3.8) is 0 Å². The fourth-order valence-electron chi connectivity index (χ4n) is 4.06. The molecular formula is C21H27FN3OS+. The molecule has 6 heteroatoms. The molecule has 0 unspecified atom stereocenters. The van der Waals surface area contributed by atoms with Crippen molar-refractivity contribution < 1.29 is 14.1 Å². The number of amides is 1. The zero-order chi connectivity index (χ0) is 18.8. The van der Waals surface area contributed by atoms with Crippen LogP contribution in [0.3, 0.4) is 0 Å². The van der Waals surface area contributed by atoms with E-state index in [1.165, 1.54) is 21.9 Å². The number of carbonyl (C=O) groups excluding carboxylic acids is 1. The standard InChI is InChI=1S/C21H26FN3OS/c1-15(23-21(26)16-4-5-16)20(19-3-2-14-27-19)25-12-10-24(11-13-25)18-8-6-17(22)7-9-18/h2-3,6-9,14-16,20H,4-5,10-13H2,1H3,(H,23,26)/p+1/t15-,20-/m0/s1. The molecule has 2 heterocycles. The van der Waals surface area contributed by atoms with Crippen molar-refractivity contribution in [2.45, 2.75) is 31.8 Å². The lowest BCUT2D eigenvalue weighted by Crippen LogP contribution is -3.16. The van der Waals surface area contributed by atoms with E-state index >= 15 is 0 Å². The lowest BCUT2D eigenvalue weighted by Gasteiger charge is -2.39. The smallest absolute Gasteiger partial charge is 0.223 e. The Morgan fingerprint density at radius 3 is 2.52 bits per heavy atom. The molecule has 2 fully saturated rings. The normalized spacial score (nSPS) is 20.3. The Morgan fingerprint density at radius 1 is 1.22 bits per heavy atom. The van der Waals surface area contributed by atoms with Crippen molar-refractivity contribution in [2.24, 2.45) is 5.92 Å². The molecule has 2 aromatic rings. The average Bonchev–Trinajstić information content (AvgIpc) is 3.40. The van der Waals surface area contributed by atoms with Crippen LogP contribution in [0.25, 0.3) is 0 Å². The molecule has 2 aliphatic rings. The van der Waals surface area contributed by atoms with Crippen LogP contribution in [0.15, 0.2) is 41.8 Å². The Morgan fingerprint density at radius 2 is 1.93 bits per heavy atom. The largest absolute Gasteiger partial charge is 0.360 e. The lowest BCUT2D eigenvalue weighted by molar-refractivity contribution is -0.933. The Kier molecular flexibility index (Phi) is 5.45. The van der Waals surface area contributed by atoms with Gasteiger partial charge >= 0.3 is 0 Å². The van der Waals surface area contributed by atoms with E-state index < -0.39 is 0 Å². The van der Waals surface area contributed by atoms with Crippen molar-refractivity contribution in [1.29, 1.82) is 0 Å². The predicted molar refractivity (Wildman–Crippen MR) is 107 cm³/mol. The molecule has 4 rings (SSSR count). The summed E-state index contributed by atoms with van der Waals surface area (Å²) in [5.74, 6) is 0.260. The highest BCUT2D eigenvalue weighted by Gasteiger charge is 2.37. The summed E-state index contributed by atoms with van der Waals surface area (Å²) in [5, 5.41) is 5.39. The first-order valence-electron chi connectivity index (χ1n) is 9.80. The summed E-state index contributed by atoms with van der Waals surface area (Å²) in [7, 11) is 0. The first kappa shape index (κ1) is 18.4. The molecule has 1 aromatic carbocycles. The number of thiophene rings is 1. The maximum atomic E-state index is 13.2. The summed E-state index contributed by atoms with van der Waals surface area (Å²) in [5.41, 5.74) is 1.08. The molecule has 0 spiro atoms. The third-order valence-electron chi connectivity index (χ3n) is 5.71. The molecule has 0 bridgehead atoms. The number of benzene rings is 1. The summed E-state index contributed by atoms with van der Waals surface area (Å²) < 4.78 is 13.2. The maximum Gasteiger partial charge on any atom is 0.223 e. The van der Waals surface area contributed by atoms with Crippen LogP contribution < -0.4 is 15.1 Å². The fourth-order valence-corrected chi connectivity index (χ4v) is 5.04. The third kappa shape index (κ3) is 4.33. The number of anilines is 1. The summed E-state index contributed by atoms with van der Waals surface area (Å²) in [6.07, 6.45) is 2.07. The Balaban J connectivity index is 1.43. The highest BCUT2D eigenvalue weighted by Crippen LogP contribution is 2.29. The topological polar surface area (TPSA) is 36.8 Å². The predicted octanol–water partition coefficient (Wildman–Crippen LogP) is 2.25. The summed E-state index contributed by atoms with van der Waals surface area (Å²) in [4.78, 5) is 17.5. The molecule has 144 valence electrons. The molecule has 4 nitrogen and oxygen atoms in total. The zero-order valence-electron chi connectivity index (χ0n) is 15.7. The second-order valence-electron chi connectivity index (χ2n) is 7.69. The van der Waals surface area contributed by atoms with Crippen molar-refractivity contribution in [3.8, 4) is 0 Å². The molecule has 1 saturated heterocycles. The molecule has 2 N–H and O–H groups in total. The van der Waals surface area contributed by atoms with Crippen LogP contribution in [0.2, 0.25) is 0 Å². The molecule has 1 saturated carbocycles. The molecule has 1 aliphatic carbocycles. The minimum atomic E-state index is -0.194. The van der Waals surface area contributed by atoms with E-state index in [2.05, 4.69) is 34.7 Å². The molecule has 27 heavy (non-hydrogen) atoms. The van der Waals surface area contributed by atoms with Crippen LogP contribution in [0.1, 0.15) is 30.7 Å². The number of nitrogens with one attached hydrogen (secondary N) is 2.